The normalized spacial score (nSPS) is 10.8. The van der Waals surface area contributed by atoms with Crippen molar-refractivity contribution in [2.24, 2.45) is 0 Å². The van der Waals surface area contributed by atoms with Gasteiger partial charge in [0.25, 0.3) is 0 Å². The Morgan fingerprint density at radius 2 is 2.11 bits per heavy atom. The lowest BCUT2D eigenvalue weighted by atomic mass is 10.2. The highest BCUT2D eigenvalue weighted by atomic mass is 79.9. The molecule has 0 N–H and O–H groups in total. The SMILES string of the molecule is CN(CCOCCBr)c1nncc2ccccc12. The van der Waals surface area contributed by atoms with Crippen LogP contribution < -0.4 is 4.90 Å². The fourth-order valence-corrected chi connectivity index (χ4v) is 1.99. The zero-order valence-electron chi connectivity index (χ0n) is 10.3. The predicted molar refractivity (Wildman–Crippen MR) is 77.4 cm³/mol. The van der Waals surface area contributed by atoms with Crippen LogP contribution in [-0.4, -0.2) is 42.3 Å². The lowest BCUT2D eigenvalue weighted by Gasteiger charge is -2.18. The van der Waals surface area contributed by atoms with Crippen molar-refractivity contribution in [3.8, 4) is 0 Å². The molecule has 0 aliphatic carbocycles. The van der Waals surface area contributed by atoms with Crippen LogP contribution in [-0.2, 0) is 4.74 Å². The minimum atomic E-state index is 0.688. The van der Waals surface area contributed by atoms with Gasteiger partial charge in [-0.05, 0) is 0 Å². The van der Waals surface area contributed by atoms with Gasteiger partial charge in [0, 0.05) is 29.7 Å². The predicted octanol–water partition coefficient (Wildman–Crippen LogP) is 2.48. The van der Waals surface area contributed by atoms with E-state index in [1.165, 1.54) is 0 Å². The van der Waals surface area contributed by atoms with Crippen molar-refractivity contribution in [3.63, 3.8) is 0 Å². The molecule has 4 nitrogen and oxygen atoms in total. The molecule has 1 heterocycles. The van der Waals surface area contributed by atoms with Crippen LogP contribution >= 0.6 is 15.9 Å². The molecule has 1 aromatic heterocycles. The standard InChI is InChI=1S/C13H16BrN3O/c1-17(7-9-18-8-6-14)13-12-5-3-2-4-11(12)10-15-16-13/h2-5,10H,6-9H2,1H3. The number of fused-ring (bicyclic) bond motifs is 1. The zero-order valence-corrected chi connectivity index (χ0v) is 11.9. The fraction of sp³-hybridized carbons (Fsp3) is 0.385. The van der Waals surface area contributed by atoms with Crippen LogP contribution in [0.5, 0.6) is 0 Å². The van der Waals surface area contributed by atoms with Gasteiger partial charge in [-0.1, -0.05) is 40.2 Å². The molecule has 0 aliphatic rings. The van der Waals surface area contributed by atoms with Crippen molar-refractivity contribution < 1.29 is 4.74 Å². The second-order valence-electron chi connectivity index (χ2n) is 3.98. The molecule has 2 aromatic rings. The Labute approximate surface area is 115 Å². The number of ether oxygens (including phenoxy) is 1. The molecule has 2 rings (SSSR count). The first-order chi connectivity index (χ1) is 8.83. The van der Waals surface area contributed by atoms with Gasteiger partial charge in [-0.3, -0.25) is 0 Å². The summed E-state index contributed by atoms with van der Waals surface area (Å²) in [6, 6.07) is 8.13. The topological polar surface area (TPSA) is 38.2 Å². The smallest absolute Gasteiger partial charge is 0.158 e. The molecule has 1 aromatic carbocycles. The number of alkyl halides is 1. The molecule has 5 heteroatoms. The molecular formula is C13H16BrN3O. The molecule has 0 bridgehead atoms. The summed E-state index contributed by atoms with van der Waals surface area (Å²) in [5, 5.41) is 11.3. The number of nitrogens with zero attached hydrogens (tertiary/aromatic N) is 3. The first-order valence-corrected chi connectivity index (χ1v) is 7.00. The average molecular weight is 310 g/mol. The number of halogens is 1. The van der Waals surface area contributed by atoms with Gasteiger partial charge in [0.15, 0.2) is 5.82 Å². The molecule has 96 valence electrons. The van der Waals surface area contributed by atoms with Crippen molar-refractivity contribution in [3.05, 3.63) is 30.5 Å². The van der Waals surface area contributed by atoms with Crippen LogP contribution in [0.15, 0.2) is 30.5 Å². The Kier molecular flexibility index (Phi) is 4.90. The second kappa shape index (κ2) is 6.66. The van der Waals surface area contributed by atoms with Crippen LogP contribution in [0, 0.1) is 0 Å². The van der Waals surface area contributed by atoms with Crippen molar-refractivity contribution in [2.45, 2.75) is 0 Å². The summed E-state index contributed by atoms with van der Waals surface area (Å²) in [7, 11) is 2.01. The number of anilines is 1. The maximum atomic E-state index is 5.45. The Hall–Kier alpha value is -1.20. The van der Waals surface area contributed by atoms with Crippen molar-refractivity contribution in [1.29, 1.82) is 0 Å². The van der Waals surface area contributed by atoms with Crippen molar-refractivity contribution in [2.75, 3.05) is 37.0 Å². The number of benzene rings is 1. The Morgan fingerprint density at radius 3 is 2.94 bits per heavy atom. The van der Waals surface area contributed by atoms with Gasteiger partial charge in [0.1, 0.15) is 0 Å². The Bertz CT molecular complexity index is 501. The van der Waals surface area contributed by atoms with E-state index < -0.39 is 0 Å². The van der Waals surface area contributed by atoms with Gasteiger partial charge in [-0.25, -0.2) is 0 Å². The molecule has 0 fully saturated rings. The summed E-state index contributed by atoms with van der Waals surface area (Å²) >= 11 is 3.33. The van der Waals surface area contributed by atoms with Crippen LogP contribution in [0.4, 0.5) is 5.82 Å². The third-order valence-electron chi connectivity index (χ3n) is 2.71. The van der Waals surface area contributed by atoms with Gasteiger partial charge in [0.2, 0.25) is 0 Å². The summed E-state index contributed by atoms with van der Waals surface area (Å²) < 4.78 is 5.45. The quantitative estimate of drug-likeness (QED) is 0.607. The van der Waals surface area contributed by atoms with Crippen LogP contribution in [0.25, 0.3) is 10.8 Å². The Balaban J connectivity index is 2.10. The monoisotopic (exact) mass is 309 g/mol. The summed E-state index contributed by atoms with van der Waals surface area (Å²) in [6.07, 6.45) is 1.79. The molecule has 18 heavy (non-hydrogen) atoms. The van der Waals surface area contributed by atoms with E-state index in [2.05, 4.69) is 37.1 Å². The molecule has 0 aliphatic heterocycles. The Morgan fingerprint density at radius 1 is 1.28 bits per heavy atom. The highest BCUT2D eigenvalue weighted by Gasteiger charge is 2.07. The number of hydrogen-bond donors (Lipinski definition) is 0. The van der Waals surface area contributed by atoms with E-state index in [4.69, 9.17) is 4.74 Å². The molecule has 0 amide bonds. The summed E-state index contributed by atoms with van der Waals surface area (Å²) in [6.45, 7) is 2.22. The number of rotatable bonds is 6. The van der Waals surface area contributed by atoms with E-state index in [0.717, 1.165) is 35.1 Å². The van der Waals surface area contributed by atoms with E-state index in [1.54, 1.807) is 6.20 Å². The summed E-state index contributed by atoms with van der Waals surface area (Å²) in [5.41, 5.74) is 0. The van der Waals surface area contributed by atoms with Gasteiger partial charge in [-0.2, -0.15) is 5.10 Å². The molecule has 0 radical (unpaired) electrons. The highest BCUT2D eigenvalue weighted by molar-refractivity contribution is 9.09. The van der Waals surface area contributed by atoms with Gasteiger partial charge in [-0.15, -0.1) is 5.10 Å². The maximum absolute atomic E-state index is 5.45. The fourth-order valence-electron chi connectivity index (χ4n) is 1.76. The molecule has 0 saturated carbocycles. The first-order valence-electron chi connectivity index (χ1n) is 5.88. The molecule has 0 atom stereocenters. The molecule has 0 spiro atoms. The minimum absolute atomic E-state index is 0.688. The number of hydrogen-bond acceptors (Lipinski definition) is 4. The lowest BCUT2D eigenvalue weighted by Crippen LogP contribution is -2.24. The van der Waals surface area contributed by atoms with Gasteiger partial charge in [0.05, 0.1) is 19.4 Å². The number of likely N-dealkylation sites (N-methyl/N-ethyl adjacent to an activating group) is 1. The third kappa shape index (κ3) is 3.17. The second-order valence-corrected chi connectivity index (χ2v) is 4.77. The van der Waals surface area contributed by atoms with Crippen molar-refractivity contribution in [1.82, 2.24) is 10.2 Å². The van der Waals surface area contributed by atoms with Crippen LogP contribution in [0.2, 0.25) is 0 Å². The molecular weight excluding hydrogens is 294 g/mol. The minimum Gasteiger partial charge on any atom is -0.379 e. The van der Waals surface area contributed by atoms with Crippen molar-refractivity contribution >= 4 is 32.5 Å². The number of aromatic nitrogens is 2. The summed E-state index contributed by atoms with van der Waals surface area (Å²) in [5.74, 6) is 0.899. The van der Waals surface area contributed by atoms with Crippen LogP contribution in [0.3, 0.4) is 0 Å². The molecule has 0 unspecified atom stereocenters. The maximum Gasteiger partial charge on any atom is 0.158 e. The third-order valence-corrected chi connectivity index (χ3v) is 3.03. The summed E-state index contributed by atoms with van der Waals surface area (Å²) in [4.78, 5) is 2.07. The van der Waals surface area contributed by atoms with Crippen LogP contribution in [0.1, 0.15) is 0 Å². The van der Waals surface area contributed by atoms with E-state index >= 15 is 0 Å². The van der Waals surface area contributed by atoms with Gasteiger partial charge >= 0.3 is 0 Å². The lowest BCUT2D eigenvalue weighted by molar-refractivity contribution is 0.157. The molecule has 0 saturated heterocycles. The van der Waals surface area contributed by atoms with E-state index in [0.29, 0.717) is 6.61 Å². The van der Waals surface area contributed by atoms with E-state index in [1.807, 2.05) is 25.2 Å². The van der Waals surface area contributed by atoms with E-state index in [-0.39, 0.29) is 0 Å². The highest BCUT2D eigenvalue weighted by Crippen LogP contribution is 2.21. The first kappa shape index (κ1) is 13.2. The van der Waals surface area contributed by atoms with E-state index in [9.17, 15) is 0 Å². The van der Waals surface area contributed by atoms with Gasteiger partial charge < -0.3 is 9.64 Å². The largest absolute Gasteiger partial charge is 0.379 e. The zero-order chi connectivity index (χ0) is 12.8. The average Bonchev–Trinajstić information content (AvgIpc) is 2.43.